The zero-order valence-corrected chi connectivity index (χ0v) is 11.8. The molecule has 3 nitrogen and oxygen atoms in total. The lowest BCUT2D eigenvalue weighted by atomic mass is 10.2. The molecule has 0 aliphatic heterocycles. The summed E-state index contributed by atoms with van der Waals surface area (Å²) in [6, 6.07) is 19.3. The van der Waals surface area contributed by atoms with Crippen LogP contribution in [0.25, 0.3) is 0 Å². The summed E-state index contributed by atoms with van der Waals surface area (Å²) in [5, 5.41) is 0. The summed E-state index contributed by atoms with van der Waals surface area (Å²) in [7, 11) is -1.52. The molecule has 0 bridgehead atoms. The van der Waals surface area contributed by atoms with Crippen molar-refractivity contribution in [2.24, 2.45) is 0 Å². The Bertz CT molecular complexity index is 498. The minimum Gasteiger partial charge on any atom is -0.312 e. The molecule has 98 valence electrons. The molecule has 0 heterocycles. The number of rotatable bonds is 6. The molecule has 2 aromatic carbocycles. The molecule has 0 saturated carbocycles. The molecular weight excluding hydrogens is 258 g/mol. The van der Waals surface area contributed by atoms with Crippen LogP contribution < -0.4 is 0 Å². The second-order valence-corrected chi connectivity index (χ2v) is 6.35. The van der Waals surface area contributed by atoms with E-state index in [1.165, 1.54) is 7.57 Å². The molecule has 5 heteroatoms. The maximum absolute atomic E-state index is 12.1. The summed E-state index contributed by atoms with van der Waals surface area (Å²) in [5.74, 6) is 0. The second kappa shape index (κ2) is 6.71. The van der Waals surface area contributed by atoms with Crippen molar-refractivity contribution in [1.82, 2.24) is 0 Å². The topological polar surface area (TPSA) is 35.5 Å². The van der Waals surface area contributed by atoms with Crippen LogP contribution in [0.4, 0.5) is 0 Å². The molecular formula is C14H16BO3P. The minimum absolute atomic E-state index is 0.295. The lowest BCUT2D eigenvalue weighted by Crippen LogP contribution is -1.97. The van der Waals surface area contributed by atoms with Crippen molar-refractivity contribution in [1.29, 1.82) is 0 Å². The van der Waals surface area contributed by atoms with Crippen molar-refractivity contribution in [3.63, 3.8) is 0 Å². The predicted molar refractivity (Wildman–Crippen MR) is 78.6 cm³/mol. The Morgan fingerprint density at radius 2 is 1.16 bits per heavy atom. The fourth-order valence-corrected chi connectivity index (χ4v) is 2.41. The second-order valence-electron chi connectivity index (χ2n) is 4.29. The summed E-state index contributed by atoms with van der Waals surface area (Å²) in [4.78, 5) is 0. The van der Waals surface area contributed by atoms with Gasteiger partial charge >= 0.3 is 0 Å². The minimum atomic E-state index is -3.02. The van der Waals surface area contributed by atoms with E-state index in [0.29, 0.717) is 13.2 Å². The molecule has 0 radical (unpaired) electrons. The SMILES string of the molecule is BP(=O)(OCc1ccccc1)OCc1ccccc1. The smallest absolute Gasteiger partial charge is 0.271 e. The van der Waals surface area contributed by atoms with Gasteiger partial charge in [-0.1, -0.05) is 60.7 Å². The first kappa shape index (κ1) is 14.1. The van der Waals surface area contributed by atoms with Gasteiger partial charge in [0.1, 0.15) is 0 Å². The average Bonchev–Trinajstić information content (AvgIpc) is 2.46. The standard InChI is InChI=1S/C14H16BO3P/c15-19(16,17-11-13-7-3-1-4-8-13)18-12-14-9-5-2-6-10-14/h1-10H,11-12,15H2. The molecule has 0 atom stereocenters. The first-order valence-corrected chi connectivity index (χ1v) is 8.09. The van der Waals surface area contributed by atoms with Crippen LogP contribution in [0.5, 0.6) is 0 Å². The van der Waals surface area contributed by atoms with Gasteiger partial charge < -0.3 is 9.05 Å². The van der Waals surface area contributed by atoms with Crippen molar-refractivity contribution in [3.8, 4) is 0 Å². The van der Waals surface area contributed by atoms with E-state index in [0.717, 1.165) is 11.1 Å². The van der Waals surface area contributed by atoms with Crippen LogP contribution >= 0.6 is 7.47 Å². The Kier molecular flexibility index (Phi) is 4.97. The monoisotopic (exact) mass is 274 g/mol. The fourth-order valence-electron chi connectivity index (χ4n) is 1.57. The highest BCUT2D eigenvalue weighted by molar-refractivity contribution is 7.79. The summed E-state index contributed by atoms with van der Waals surface area (Å²) in [5.41, 5.74) is 1.96. The third-order valence-corrected chi connectivity index (χ3v) is 3.81. The first-order chi connectivity index (χ1) is 9.16. The quantitative estimate of drug-likeness (QED) is 0.599. The molecule has 0 saturated heterocycles. The zero-order chi connectivity index (χ0) is 13.6. The highest BCUT2D eigenvalue weighted by Gasteiger charge is 2.16. The van der Waals surface area contributed by atoms with Gasteiger partial charge in [-0.15, -0.1) is 0 Å². The number of hydrogen-bond donors (Lipinski definition) is 0. The Labute approximate surface area is 114 Å². The van der Waals surface area contributed by atoms with Crippen LogP contribution in [0.1, 0.15) is 11.1 Å². The molecule has 19 heavy (non-hydrogen) atoms. The number of benzene rings is 2. The Hall–Kier alpha value is -1.35. The molecule has 0 fully saturated rings. The molecule has 0 aromatic heterocycles. The van der Waals surface area contributed by atoms with Crippen molar-refractivity contribution in [2.75, 3.05) is 0 Å². The lowest BCUT2D eigenvalue weighted by molar-refractivity contribution is 0.205. The van der Waals surface area contributed by atoms with Crippen LogP contribution in [0.2, 0.25) is 0 Å². The van der Waals surface area contributed by atoms with Gasteiger partial charge in [0.05, 0.1) is 13.2 Å². The third-order valence-electron chi connectivity index (χ3n) is 2.62. The van der Waals surface area contributed by atoms with Crippen LogP contribution in [0.3, 0.4) is 0 Å². The zero-order valence-electron chi connectivity index (χ0n) is 10.9. The van der Waals surface area contributed by atoms with E-state index in [4.69, 9.17) is 9.05 Å². The Balaban J connectivity index is 1.84. The largest absolute Gasteiger partial charge is 0.312 e. The lowest BCUT2D eigenvalue weighted by Gasteiger charge is -2.15. The van der Waals surface area contributed by atoms with E-state index < -0.39 is 7.47 Å². The Morgan fingerprint density at radius 3 is 1.53 bits per heavy atom. The van der Waals surface area contributed by atoms with Gasteiger partial charge in [-0.05, 0) is 11.1 Å². The first-order valence-electron chi connectivity index (χ1n) is 6.10. The van der Waals surface area contributed by atoms with E-state index in [-0.39, 0.29) is 0 Å². The molecule has 0 N–H and O–H groups in total. The van der Waals surface area contributed by atoms with Gasteiger partial charge in [0.2, 0.25) is 0 Å². The van der Waals surface area contributed by atoms with Crippen molar-refractivity contribution >= 4 is 15.0 Å². The van der Waals surface area contributed by atoms with E-state index in [1.807, 2.05) is 60.7 Å². The maximum atomic E-state index is 12.1. The molecule has 2 aromatic rings. The molecule has 2 rings (SSSR count). The van der Waals surface area contributed by atoms with Crippen molar-refractivity contribution < 1.29 is 13.6 Å². The van der Waals surface area contributed by atoms with E-state index in [2.05, 4.69) is 0 Å². The van der Waals surface area contributed by atoms with Crippen LogP contribution in [0, 0.1) is 0 Å². The van der Waals surface area contributed by atoms with Gasteiger partial charge in [-0.25, -0.2) is 0 Å². The summed E-state index contributed by atoms with van der Waals surface area (Å²) >= 11 is 0. The maximum Gasteiger partial charge on any atom is 0.271 e. The van der Waals surface area contributed by atoms with E-state index in [9.17, 15) is 4.57 Å². The number of hydrogen-bond acceptors (Lipinski definition) is 3. The summed E-state index contributed by atoms with van der Waals surface area (Å²) < 4.78 is 22.9. The van der Waals surface area contributed by atoms with Crippen molar-refractivity contribution in [3.05, 3.63) is 71.8 Å². The van der Waals surface area contributed by atoms with Crippen LogP contribution in [0.15, 0.2) is 60.7 Å². The predicted octanol–water partition coefficient (Wildman–Crippen LogP) is 3.16. The molecule has 0 aliphatic rings. The van der Waals surface area contributed by atoms with Crippen molar-refractivity contribution in [2.45, 2.75) is 13.2 Å². The van der Waals surface area contributed by atoms with Gasteiger partial charge in [0, 0.05) is 0 Å². The Morgan fingerprint density at radius 1 is 0.789 bits per heavy atom. The van der Waals surface area contributed by atoms with Gasteiger partial charge in [-0.3, -0.25) is 4.57 Å². The highest BCUT2D eigenvalue weighted by Crippen LogP contribution is 2.44. The molecule has 0 amide bonds. The molecule has 0 unspecified atom stereocenters. The van der Waals surface area contributed by atoms with E-state index in [1.54, 1.807) is 0 Å². The summed E-state index contributed by atoms with van der Waals surface area (Å²) in [6.07, 6.45) is 0. The van der Waals surface area contributed by atoms with E-state index >= 15 is 0 Å². The normalized spacial score (nSPS) is 11.4. The molecule has 0 spiro atoms. The van der Waals surface area contributed by atoms with Crippen LogP contribution in [-0.2, 0) is 26.8 Å². The van der Waals surface area contributed by atoms with Crippen LogP contribution in [-0.4, -0.2) is 7.57 Å². The average molecular weight is 274 g/mol. The molecule has 0 aliphatic carbocycles. The summed E-state index contributed by atoms with van der Waals surface area (Å²) in [6.45, 7) is 0.590. The van der Waals surface area contributed by atoms with Gasteiger partial charge in [-0.2, -0.15) is 0 Å². The highest BCUT2D eigenvalue weighted by atomic mass is 31.2. The third kappa shape index (κ3) is 5.03. The van der Waals surface area contributed by atoms with Gasteiger partial charge in [0.15, 0.2) is 0 Å². The van der Waals surface area contributed by atoms with Gasteiger partial charge in [0.25, 0.3) is 15.0 Å². The fraction of sp³-hybridized carbons (Fsp3) is 0.143.